The number of rotatable bonds is 6. The molecule has 1 unspecified atom stereocenters. The van der Waals surface area contributed by atoms with Crippen LogP contribution in [0.5, 0.6) is 0 Å². The SMILES string of the molecule is CCc1ccc2c(c1C(=O)NCC1(O)CCCC(F)(F)C1)C=CC(CC1=CCC(F)(F)C1)=C=CC2. The second kappa shape index (κ2) is 9.79. The van der Waals surface area contributed by atoms with E-state index in [9.17, 15) is 27.5 Å². The summed E-state index contributed by atoms with van der Waals surface area (Å²) >= 11 is 0. The molecule has 1 aromatic rings. The molecule has 1 aromatic carbocycles. The highest BCUT2D eigenvalue weighted by atomic mass is 19.3. The van der Waals surface area contributed by atoms with E-state index in [1.807, 2.05) is 31.2 Å². The van der Waals surface area contributed by atoms with E-state index in [0.29, 0.717) is 36.0 Å². The number of amides is 1. The van der Waals surface area contributed by atoms with E-state index in [4.69, 9.17) is 0 Å². The average molecular weight is 490 g/mol. The van der Waals surface area contributed by atoms with E-state index in [0.717, 1.165) is 16.7 Å². The largest absolute Gasteiger partial charge is 0.388 e. The van der Waals surface area contributed by atoms with Gasteiger partial charge < -0.3 is 10.4 Å². The van der Waals surface area contributed by atoms with Crippen LogP contribution >= 0.6 is 0 Å². The lowest BCUT2D eigenvalue weighted by Gasteiger charge is -2.36. The molecule has 3 aliphatic rings. The van der Waals surface area contributed by atoms with E-state index >= 15 is 0 Å². The zero-order chi connectivity index (χ0) is 25.3. The molecular formula is C28H31F4NO2. The summed E-state index contributed by atoms with van der Waals surface area (Å²) in [5.41, 5.74) is 5.86. The first-order chi connectivity index (χ1) is 16.5. The van der Waals surface area contributed by atoms with E-state index in [-0.39, 0.29) is 38.6 Å². The number of hydrogen-bond acceptors (Lipinski definition) is 2. The second-order valence-electron chi connectivity index (χ2n) is 10.0. The average Bonchev–Trinajstić information content (AvgIpc) is 3.11. The molecule has 0 aromatic heterocycles. The van der Waals surface area contributed by atoms with Gasteiger partial charge in [-0.1, -0.05) is 42.9 Å². The van der Waals surface area contributed by atoms with Crippen molar-refractivity contribution in [2.24, 2.45) is 0 Å². The molecule has 3 nitrogen and oxygen atoms in total. The zero-order valence-corrected chi connectivity index (χ0v) is 19.9. The fourth-order valence-electron chi connectivity index (χ4n) is 5.24. The topological polar surface area (TPSA) is 49.3 Å². The Morgan fingerprint density at radius 2 is 1.94 bits per heavy atom. The minimum absolute atomic E-state index is 0.201. The molecule has 1 saturated carbocycles. The summed E-state index contributed by atoms with van der Waals surface area (Å²) in [5.74, 6) is -6.05. The van der Waals surface area contributed by atoms with Crippen molar-refractivity contribution in [2.75, 3.05) is 6.54 Å². The van der Waals surface area contributed by atoms with Crippen LogP contribution in [0.25, 0.3) is 6.08 Å². The number of hydrogen-bond donors (Lipinski definition) is 2. The molecule has 7 heteroatoms. The van der Waals surface area contributed by atoms with Crippen LogP contribution < -0.4 is 5.32 Å². The third kappa shape index (κ3) is 6.14. The maximum atomic E-state index is 13.9. The second-order valence-corrected chi connectivity index (χ2v) is 10.0. The lowest BCUT2D eigenvalue weighted by atomic mass is 9.82. The minimum atomic E-state index is -2.94. The molecule has 0 saturated heterocycles. The van der Waals surface area contributed by atoms with Gasteiger partial charge in [0.15, 0.2) is 0 Å². The van der Waals surface area contributed by atoms with Crippen LogP contribution in [0.15, 0.2) is 47.2 Å². The van der Waals surface area contributed by atoms with Crippen LogP contribution in [0.2, 0.25) is 0 Å². The van der Waals surface area contributed by atoms with Crippen molar-refractivity contribution in [3.05, 3.63) is 69.5 Å². The van der Waals surface area contributed by atoms with E-state index in [1.165, 1.54) is 0 Å². The van der Waals surface area contributed by atoms with Gasteiger partial charge in [0.1, 0.15) is 0 Å². The molecular weight excluding hydrogens is 458 g/mol. The van der Waals surface area contributed by atoms with Crippen molar-refractivity contribution in [3.8, 4) is 0 Å². The fourth-order valence-corrected chi connectivity index (χ4v) is 5.24. The maximum Gasteiger partial charge on any atom is 0.255 e. The van der Waals surface area contributed by atoms with Crippen LogP contribution in [-0.2, 0) is 12.8 Å². The molecule has 188 valence electrons. The number of nitrogens with one attached hydrogen (secondary N) is 1. The predicted octanol–water partition coefficient (Wildman–Crippen LogP) is 6.32. The Kier molecular flexibility index (Phi) is 7.12. The lowest BCUT2D eigenvalue weighted by Crippen LogP contribution is -2.49. The first kappa shape index (κ1) is 25.5. The molecule has 4 rings (SSSR count). The summed E-state index contributed by atoms with van der Waals surface area (Å²) in [4.78, 5) is 13.3. The van der Waals surface area contributed by atoms with Gasteiger partial charge in [0.05, 0.1) is 11.2 Å². The number of fused-ring (bicyclic) bond motifs is 1. The Labute approximate surface area is 203 Å². The Balaban J connectivity index is 1.56. The summed E-state index contributed by atoms with van der Waals surface area (Å²) in [6.45, 7) is 1.68. The normalized spacial score (nSPS) is 24.7. The molecule has 0 radical (unpaired) electrons. The molecule has 35 heavy (non-hydrogen) atoms. The number of allylic oxidation sites excluding steroid dienone is 4. The van der Waals surface area contributed by atoms with Crippen LogP contribution in [0.1, 0.15) is 78.9 Å². The Morgan fingerprint density at radius 3 is 2.63 bits per heavy atom. The molecule has 1 atom stereocenters. The molecule has 0 heterocycles. The van der Waals surface area contributed by atoms with Crippen molar-refractivity contribution in [2.45, 2.75) is 82.2 Å². The predicted molar refractivity (Wildman–Crippen MR) is 128 cm³/mol. The van der Waals surface area contributed by atoms with Gasteiger partial charge in [-0.25, -0.2) is 17.6 Å². The van der Waals surface area contributed by atoms with Gasteiger partial charge in [-0.2, -0.15) is 0 Å². The number of aliphatic hydroxyl groups is 1. The summed E-state index contributed by atoms with van der Waals surface area (Å²) < 4.78 is 54.9. The van der Waals surface area contributed by atoms with Crippen LogP contribution in [-0.4, -0.2) is 35.0 Å². The number of alkyl halides is 4. The fraction of sp³-hybridized carbons (Fsp3) is 0.500. The smallest absolute Gasteiger partial charge is 0.255 e. The Hall–Kier alpha value is -2.63. The van der Waals surface area contributed by atoms with Gasteiger partial charge >= 0.3 is 0 Å². The summed E-state index contributed by atoms with van der Waals surface area (Å²) in [6.07, 6.45) is 7.52. The van der Waals surface area contributed by atoms with Crippen LogP contribution in [0.4, 0.5) is 17.6 Å². The first-order valence-corrected chi connectivity index (χ1v) is 12.2. The number of halogens is 4. The number of carbonyl (C=O) groups is 1. The van der Waals surface area contributed by atoms with Crippen LogP contribution in [0, 0.1) is 0 Å². The molecule has 2 N–H and O–H groups in total. The minimum Gasteiger partial charge on any atom is -0.388 e. The van der Waals surface area contributed by atoms with Crippen molar-refractivity contribution in [1.29, 1.82) is 0 Å². The van der Waals surface area contributed by atoms with Gasteiger partial charge in [0, 0.05) is 38.6 Å². The van der Waals surface area contributed by atoms with E-state index in [1.54, 1.807) is 12.2 Å². The highest BCUT2D eigenvalue weighted by Gasteiger charge is 2.44. The third-order valence-corrected chi connectivity index (χ3v) is 7.03. The molecule has 0 bridgehead atoms. The van der Waals surface area contributed by atoms with Crippen molar-refractivity contribution >= 4 is 12.0 Å². The standard InChI is InChI=1S/C28H31F4NO2/c1-2-21-8-9-22-6-3-5-19(15-20-11-14-27(29,30)16-20)7-10-23(22)24(21)25(34)33-18-26(35)12-4-13-28(31,32)17-26/h3,7-11,35H,2,4,6,12-18H2,1H3,(H,33,34). The van der Waals surface area contributed by atoms with Crippen molar-refractivity contribution in [1.82, 2.24) is 5.32 Å². The molecule has 3 aliphatic carbocycles. The summed E-state index contributed by atoms with van der Waals surface area (Å²) in [5, 5.41) is 13.4. The highest BCUT2D eigenvalue weighted by Crippen LogP contribution is 2.39. The number of benzene rings is 1. The first-order valence-electron chi connectivity index (χ1n) is 12.2. The summed E-state index contributed by atoms with van der Waals surface area (Å²) in [7, 11) is 0. The Morgan fingerprint density at radius 1 is 1.14 bits per heavy atom. The molecule has 1 amide bonds. The quantitative estimate of drug-likeness (QED) is 0.279. The van der Waals surface area contributed by atoms with E-state index in [2.05, 4.69) is 11.0 Å². The van der Waals surface area contributed by atoms with Crippen molar-refractivity contribution < 1.29 is 27.5 Å². The van der Waals surface area contributed by atoms with Gasteiger partial charge in [-0.3, -0.25) is 4.79 Å². The van der Waals surface area contributed by atoms with E-state index < -0.39 is 29.8 Å². The number of aryl methyl sites for hydroxylation is 1. The van der Waals surface area contributed by atoms with Gasteiger partial charge in [-0.05, 0) is 54.0 Å². The monoisotopic (exact) mass is 489 g/mol. The number of carbonyl (C=O) groups excluding carboxylic acids is 1. The van der Waals surface area contributed by atoms with Crippen LogP contribution in [0.3, 0.4) is 0 Å². The molecule has 0 spiro atoms. The third-order valence-electron chi connectivity index (χ3n) is 7.03. The zero-order valence-electron chi connectivity index (χ0n) is 19.9. The molecule has 0 aliphatic heterocycles. The lowest BCUT2D eigenvalue weighted by molar-refractivity contribution is -0.121. The molecule has 1 fully saturated rings. The maximum absolute atomic E-state index is 13.9. The Bertz CT molecular complexity index is 1130. The van der Waals surface area contributed by atoms with Crippen molar-refractivity contribution in [3.63, 3.8) is 0 Å². The highest BCUT2D eigenvalue weighted by molar-refractivity contribution is 6.00. The van der Waals surface area contributed by atoms with Gasteiger partial charge in [0.2, 0.25) is 0 Å². The van der Waals surface area contributed by atoms with Gasteiger partial charge in [0.25, 0.3) is 17.8 Å². The van der Waals surface area contributed by atoms with Gasteiger partial charge in [-0.15, -0.1) is 5.73 Å². The summed E-state index contributed by atoms with van der Waals surface area (Å²) in [6, 6.07) is 3.84.